The second kappa shape index (κ2) is 5.59. The van der Waals surface area contributed by atoms with Crippen LogP contribution in [-0.2, 0) is 5.54 Å². The monoisotopic (exact) mass is 277 g/mol. The summed E-state index contributed by atoms with van der Waals surface area (Å²) in [5.74, 6) is -0.765. The summed E-state index contributed by atoms with van der Waals surface area (Å²) >= 11 is 0. The fourth-order valence-corrected chi connectivity index (χ4v) is 2.32. The third-order valence-corrected chi connectivity index (χ3v) is 3.58. The van der Waals surface area contributed by atoms with Gasteiger partial charge in [-0.05, 0) is 30.2 Å². The van der Waals surface area contributed by atoms with E-state index < -0.39 is 17.2 Å². The Kier molecular flexibility index (Phi) is 4.04. The quantitative estimate of drug-likeness (QED) is 0.927. The molecule has 1 atom stereocenters. The first-order valence-electron chi connectivity index (χ1n) is 6.41. The lowest BCUT2D eigenvalue weighted by atomic mass is 9.81. The molecule has 2 aromatic rings. The van der Waals surface area contributed by atoms with Crippen molar-refractivity contribution in [2.24, 2.45) is 5.73 Å². The molecule has 106 valence electrons. The van der Waals surface area contributed by atoms with Gasteiger partial charge in [0.15, 0.2) is 11.6 Å². The SMILES string of the molecule is CCC(N)(c1ccc(OC)c(F)c1)c1ccccc1F. The molecule has 2 nitrogen and oxygen atoms in total. The van der Waals surface area contributed by atoms with Gasteiger partial charge in [0, 0.05) is 5.56 Å². The molecule has 0 spiro atoms. The molecule has 2 N–H and O–H groups in total. The summed E-state index contributed by atoms with van der Waals surface area (Å²) in [4.78, 5) is 0. The number of hydrogen-bond donors (Lipinski definition) is 1. The molecular weight excluding hydrogens is 260 g/mol. The highest BCUT2D eigenvalue weighted by molar-refractivity contribution is 5.41. The van der Waals surface area contributed by atoms with Crippen LogP contribution in [0.4, 0.5) is 8.78 Å². The van der Waals surface area contributed by atoms with Crippen molar-refractivity contribution in [3.63, 3.8) is 0 Å². The number of benzene rings is 2. The van der Waals surface area contributed by atoms with Crippen LogP contribution in [0.3, 0.4) is 0 Å². The molecule has 0 amide bonds. The van der Waals surface area contributed by atoms with E-state index in [0.29, 0.717) is 17.5 Å². The maximum absolute atomic E-state index is 14.0. The van der Waals surface area contributed by atoms with Gasteiger partial charge in [-0.2, -0.15) is 0 Å². The van der Waals surface area contributed by atoms with Crippen molar-refractivity contribution in [2.75, 3.05) is 7.11 Å². The van der Waals surface area contributed by atoms with E-state index >= 15 is 0 Å². The van der Waals surface area contributed by atoms with Crippen LogP contribution in [0.25, 0.3) is 0 Å². The molecule has 2 aromatic carbocycles. The predicted molar refractivity (Wildman–Crippen MR) is 74.6 cm³/mol. The zero-order chi connectivity index (χ0) is 14.8. The van der Waals surface area contributed by atoms with Gasteiger partial charge in [-0.1, -0.05) is 31.2 Å². The molecule has 0 aromatic heterocycles. The zero-order valence-corrected chi connectivity index (χ0v) is 11.5. The van der Waals surface area contributed by atoms with Crippen LogP contribution in [0.15, 0.2) is 42.5 Å². The maximum Gasteiger partial charge on any atom is 0.165 e. The Hall–Kier alpha value is -1.94. The average molecular weight is 277 g/mol. The topological polar surface area (TPSA) is 35.2 Å². The van der Waals surface area contributed by atoms with Gasteiger partial charge in [-0.15, -0.1) is 0 Å². The molecule has 0 aliphatic heterocycles. The van der Waals surface area contributed by atoms with E-state index in [1.165, 1.54) is 25.3 Å². The van der Waals surface area contributed by atoms with Crippen LogP contribution in [0.5, 0.6) is 5.75 Å². The Morgan fingerprint density at radius 3 is 2.35 bits per heavy atom. The molecule has 0 heterocycles. The standard InChI is InChI=1S/C16H17F2NO/c1-3-16(19,12-6-4-5-7-13(12)17)11-8-9-15(20-2)14(18)10-11/h4-10H,3,19H2,1-2H3. The van der Waals surface area contributed by atoms with Gasteiger partial charge in [0.1, 0.15) is 5.82 Å². The Bertz CT molecular complexity index is 615. The predicted octanol–water partition coefficient (Wildman–Crippen LogP) is 3.59. The fourth-order valence-electron chi connectivity index (χ4n) is 2.32. The molecule has 1 unspecified atom stereocenters. The Morgan fingerprint density at radius 2 is 1.80 bits per heavy atom. The fraction of sp³-hybridized carbons (Fsp3) is 0.250. The second-order valence-corrected chi connectivity index (χ2v) is 4.65. The molecule has 0 aliphatic rings. The second-order valence-electron chi connectivity index (χ2n) is 4.65. The summed E-state index contributed by atoms with van der Waals surface area (Å²) in [6.07, 6.45) is 0.444. The summed E-state index contributed by atoms with van der Waals surface area (Å²) in [6.45, 7) is 1.84. The zero-order valence-electron chi connectivity index (χ0n) is 11.5. The van der Waals surface area contributed by atoms with Crippen LogP contribution >= 0.6 is 0 Å². The van der Waals surface area contributed by atoms with Gasteiger partial charge >= 0.3 is 0 Å². The minimum atomic E-state index is -1.07. The first kappa shape index (κ1) is 14.5. The van der Waals surface area contributed by atoms with Crippen molar-refractivity contribution in [2.45, 2.75) is 18.9 Å². The Balaban J connectivity index is 2.56. The van der Waals surface area contributed by atoms with Crippen molar-refractivity contribution in [1.29, 1.82) is 0 Å². The van der Waals surface area contributed by atoms with E-state index in [2.05, 4.69) is 0 Å². The molecule has 0 fully saturated rings. The number of methoxy groups -OCH3 is 1. The molecule has 0 aliphatic carbocycles. The number of halogens is 2. The van der Waals surface area contributed by atoms with Crippen LogP contribution in [0.2, 0.25) is 0 Å². The van der Waals surface area contributed by atoms with Crippen molar-refractivity contribution in [3.8, 4) is 5.75 Å². The lowest BCUT2D eigenvalue weighted by Crippen LogP contribution is -2.38. The summed E-state index contributed by atoms with van der Waals surface area (Å²) < 4.78 is 32.8. The van der Waals surface area contributed by atoms with Gasteiger partial charge in [-0.3, -0.25) is 0 Å². The van der Waals surface area contributed by atoms with Crippen molar-refractivity contribution >= 4 is 0 Å². The van der Waals surface area contributed by atoms with E-state index in [1.54, 1.807) is 24.3 Å². The summed E-state index contributed by atoms with van der Waals surface area (Å²) in [6, 6.07) is 10.8. The van der Waals surface area contributed by atoms with Gasteiger partial charge < -0.3 is 10.5 Å². The summed E-state index contributed by atoms with van der Waals surface area (Å²) in [7, 11) is 1.39. The van der Waals surface area contributed by atoms with Crippen LogP contribution in [-0.4, -0.2) is 7.11 Å². The third-order valence-electron chi connectivity index (χ3n) is 3.58. The van der Waals surface area contributed by atoms with E-state index in [4.69, 9.17) is 10.5 Å². The Labute approximate surface area is 117 Å². The normalized spacial score (nSPS) is 13.8. The van der Waals surface area contributed by atoms with Crippen LogP contribution in [0, 0.1) is 11.6 Å². The number of nitrogens with two attached hydrogens (primary N) is 1. The molecule has 0 saturated heterocycles. The minimum Gasteiger partial charge on any atom is -0.494 e. The van der Waals surface area contributed by atoms with Crippen molar-refractivity contribution in [3.05, 3.63) is 65.2 Å². The number of hydrogen-bond acceptors (Lipinski definition) is 2. The number of rotatable bonds is 4. The molecule has 2 rings (SSSR count). The minimum absolute atomic E-state index is 0.140. The van der Waals surface area contributed by atoms with Crippen molar-refractivity contribution in [1.82, 2.24) is 0 Å². The molecule has 0 bridgehead atoms. The lowest BCUT2D eigenvalue weighted by Gasteiger charge is -2.30. The lowest BCUT2D eigenvalue weighted by molar-refractivity contribution is 0.384. The Morgan fingerprint density at radius 1 is 1.10 bits per heavy atom. The maximum atomic E-state index is 14.0. The van der Waals surface area contributed by atoms with Gasteiger partial charge in [0.2, 0.25) is 0 Å². The molecule has 4 heteroatoms. The van der Waals surface area contributed by atoms with Crippen LogP contribution < -0.4 is 10.5 Å². The highest BCUT2D eigenvalue weighted by Gasteiger charge is 2.31. The van der Waals surface area contributed by atoms with Gasteiger partial charge in [0.25, 0.3) is 0 Å². The first-order valence-corrected chi connectivity index (χ1v) is 6.41. The molecule has 20 heavy (non-hydrogen) atoms. The molecule has 0 radical (unpaired) electrons. The average Bonchev–Trinajstić information content (AvgIpc) is 2.47. The third kappa shape index (κ3) is 2.39. The number of ether oxygens (including phenoxy) is 1. The summed E-state index contributed by atoms with van der Waals surface area (Å²) in [5.41, 5.74) is 6.15. The van der Waals surface area contributed by atoms with Gasteiger partial charge in [-0.25, -0.2) is 8.78 Å². The van der Waals surface area contributed by atoms with Crippen molar-refractivity contribution < 1.29 is 13.5 Å². The smallest absolute Gasteiger partial charge is 0.165 e. The van der Waals surface area contributed by atoms with E-state index in [9.17, 15) is 8.78 Å². The molecular formula is C16H17F2NO. The van der Waals surface area contributed by atoms with Crippen LogP contribution in [0.1, 0.15) is 24.5 Å². The van der Waals surface area contributed by atoms with E-state index in [0.717, 1.165) is 0 Å². The van der Waals surface area contributed by atoms with Gasteiger partial charge in [0.05, 0.1) is 12.6 Å². The highest BCUT2D eigenvalue weighted by atomic mass is 19.1. The molecule has 0 saturated carbocycles. The largest absolute Gasteiger partial charge is 0.494 e. The highest BCUT2D eigenvalue weighted by Crippen LogP contribution is 2.33. The summed E-state index contributed by atoms with van der Waals surface area (Å²) in [5, 5.41) is 0. The van der Waals surface area contributed by atoms with E-state index in [-0.39, 0.29) is 5.75 Å². The van der Waals surface area contributed by atoms with E-state index in [1.807, 2.05) is 6.92 Å². The first-order chi connectivity index (χ1) is 9.52.